The van der Waals surface area contributed by atoms with E-state index in [1.165, 1.54) is 11.4 Å². The van der Waals surface area contributed by atoms with Gasteiger partial charge in [0.25, 0.3) is 0 Å². The summed E-state index contributed by atoms with van der Waals surface area (Å²) in [6.45, 7) is 2.03. The maximum absolute atomic E-state index is 12.3. The van der Waals surface area contributed by atoms with Crippen LogP contribution in [0.25, 0.3) is 0 Å². The Labute approximate surface area is 67.6 Å². The zero-order chi connectivity index (χ0) is 8.27. The van der Waals surface area contributed by atoms with Crippen LogP contribution in [-0.2, 0) is 4.74 Å². The van der Waals surface area contributed by atoms with Crippen LogP contribution >= 0.6 is 11.3 Å². The SMILES string of the molecule is CCOC(=O)c1cc(F)cs1. The van der Waals surface area contributed by atoms with Gasteiger partial charge in [-0.15, -0.1) is 11.3 Å². The van der Waals surface area contributed by atoms with Crippen molar-refractivity contribution in [3.05, 3.63) is 22.1 Å². The summed E-state index contributed by atoms with van der Waals surface area (Å²) in [4.78, 5) is 11.2. The molecule has 0 atom stereocenters. The van der Waals surface area contributed by atoms with E-state index < -0.39 is 11.8 Å². The third-order valence-electron chi connectivity index (χ3n) is 1.04. The minimum atomic E-state index is -0.457. The number of carbonyl (C=O) groups is 1. The van der Waals surface area contributed by atoms with Crippen molar-refractivity contribution in [1.29, 1.82) is 0 Å². The fourth-order valence-corrected chi connectivity index (χ4v) is 1.27. The third kappa shape index (κ3) is 2.01. The van der Waals surface area contributed by atoms with E-state index in [4.69, 9.17) is 0 Å². The molecule has 0 bridgehead atoms. The Morgan fingerprint density at radius 2 is 2.55 bits per heavy atom. The average molecular weight is 174 g/mol. The molecule has 4 heteroatoms. The van der Waals surface area contributed by atoms with Crippen LogP contribution in [0.5, 0.6) is 0 Å². The summed E-state index contributed by atoms with van der Waals surface area (Å²) in [6.07, 6.45) is 0. The van der Waals surface area contributed by atoms with Crippen LogP contribution in [0.1, 0.15) is 16.6 Å². The molecule has 60 valence electrons. The molecule has 0 spiro atoms. The first kappa shape index (κ1) is 8.20. The van der Waals surface area contributed by atoms with Crippen LogP contribution < -0.4 is 0 Å². The molecule has 1 aromatic heterocycles. The molecule has 0 aromatic carbocycles. The van der Waals surface area contributed by atoms with Crippen LogP contribution in [0.4, 0.5) is 4.39 Å². The van der Waals surface area contributed by atoms with Crippen molar-refractivity contribution in [3.63, 3.8) is 0 Å². The van der Waals surface area contributed by atoms with Crippen LogP contribution in [0.15, 0.2) is 11.4 Å². The van der Waals surface area contributed by atoms with Gasteiger partial charge >= 0.3 is 5.97 Å². The summed E-state index contributed by atoms with van der Waals surface area (Å²) < 4.78 is 17.0. The first-order valence-electron chi connectivity index (χ1n) is 3.15. The highest BCUT2D eigenvalue weighted by Gasteiger charge is 2.08. The van der Waals surface area contributed by atoms with Gasteiger partial charge in [-0.25, -0.2) is 9.18 Å². The van der Waals surface area contributed by atoms with E-state index in [1.54, 1.807) is 6.92 Å². The van der Waals surface area contributed by atoms with Gasteiger partial charge in [0.05, 0.1) is 6.61 Å². The second kappa shape index (κ2) is 3.48. The number of esters is 1. The molecule has 0 amide bonds. The first-order valence-corrected chi connectivity index (χ1v) is 4.03. The quantitative estimate of drug-likeness (QED) is 0.641. The first-order chi connectivity index (χ1) is 5.24. The highest BCUT2D eigenvalue weighted by molar-refractivity contribution is 7.12. The monoisotopic (exact) mass is 174 g/mol. The molecule has 1 rings (SSSR count). The predicted octanol–water partition coefficient (Wildman–Crippen LogP) is 2.06. The summed E-state index contributed by atoms with van der Waals surface area (Å²) in [6, 6.07) is 1.17. The minimum Gasteiger partial charge on any atom is -0.462 e. The van der Waals surface area contributed by atoms with E-state index in [2.05, 4.69) is 4.74 Å². The number of rotatable bonds is 2. The lowest BCUT2D eigenvalue weighted by Gasteiger charge is -1.95. The normalized spacial score (nSPS) is 9.64. The molecule has 11 heavy (non-hydrogen) atoms. The largest absolute Gasteiger partial charge is 0.462 e. The number of hydrogen-bond donors (Lipinski definition) is 0. The minimum absolute atomic E-state index is 0.310. The molecule has 0 aliphatic rings. The van der Waals surface area contributed by atoms with Crippen molar-refractivity contribution in [2.24, 2.45) is 0 Å². The van der Waals surface area contributed by atoms with Crippen LogP contribution in [0, 0.1) is 5.82 Å². The molecule has 1 heterocycles. The highest BCUT2D eigenvalue weighted by atomic mass is 32.1. The fraction of sp³-hybridized carbons (Fsp3) is 0.286. The molecular formula is C7H7FO2S. The van der Waals surface area contributed by atoms with Crippen molar-refractivity contribution >= 4 is 17.3 Å². The number of hydrogen-bond acceptors (Lipinski definition) is 3. The molecule has 0 fully saturated rings. The second-order valence-corrected chi connectivity index (χ2v) is 2.76. The van der Waals surface area contributed by atoms with Gasteiger partial charge in [-0.1, -0.05) is 0 Å². The van der Waals surface area contributed by atoms with Crippen LogP contribution in [-0.4, -0.2) is 12.6 Å². The second-order valence-electron chi connectivity index (χ2n) is 1.85. The Bertz CT molecular complexity index is 257. The van der Waals surface area contributed by atoms with Gasteiger partial charge in [-0.2, -0.15) is 0 Å². The van der Waals surface area contributed by atoms with Gasteiger partial charge in [0, 0.05) is 5.38 Å². The molecule has 2 nitrogen and oxygen atoms in total. The summed E-state index contributed by atoms with van der Waals surface area (Å²) in [5.74, 6) is -0.848. The molecule has 0 unspecified atom stereocenters. The van der Waals surface area contributed by atoms with Gasteiger partial charge in [-0.05, 0) is 13.0 Å². The number of halogens is 1. The van der Waals surface area contributed by atoms with Gasteiger partial charge in [0.15, 0.2) is 0 Å². The Balaban J connectivity index is 2.69. The zero-order valence-electron chi connectivity index (χ0n) is 5.96. The van der Waals surface area contributed by atoms with E-state index in [-0.39, 0.29) is 0 Å². The summed E-state index contributed by atoms with van der Waals surface area (Å²) in [5.41, 5.74) is 0. The van der Waals surface area contributed by atoms with Gasteiger partial charge in [0.2, 0.25) is 0 Å². The maximum atomic E-state index is 12.3. The fourth-order valence-electron chi connectivity index (χ4n) is 0.622. The van der Waals surface area contributed by atoms with Crippen LogP contribution in [0.2, 0.25) is 0 Å². The molecule has 0 saturated heterocycles. The van der Waals surface area contributed by atoms with Crippen LogP contribution in [0.3, 0.4) is 0 Å². The molecule has 0 radical (unpaired) electrons. The zero-order valence-corrected chi connectivity index (χ0v) is 6.78. The van der Waals surface area contributed by atoms with Gasteiger partial charge < -0.3 is 4.74 Å². The molecular weight excluding hydrogens is 167 g/mol. The highest BCUT2D eigenvalue weighted by Crippen LogP contribution is 2.13. The predicted molar refractivity (Wildman–Crippen MR) is 40.2 cm³/mol. The number of ether oxygens (including phenoxy) is 1. The van der Waals surface area contributed by atoms with Gasteiger partial charge in [-0.3, -0.25) is 0 Å². The van der Waals surface area contributed by atoms with E-state index in [0.717, 1.165) is 11.3 Å². The number of carbonyl (C=O) groups excluding carboxylic acids is 1. The third-order valence-corrected chi connectivity index (χ3v) is 1.93. The Kier molecular flexibility index (Phi) is 2.59. The van der Waals surface area contributed by atoms with Crippen molar-refractivity contribution in [3.8, 4) is 0 Å². The lowest BCUT2D eigenvalue weighted by atomic mass is 10.5. The molecule has 0 aliphatic carbocycles. The standard InChI is InChI=1S/C7H7FO2S/c1-2-10-7(9)6-3-5(8)4-11-6/h3-4H,2H2,1H3. The summed E-state index contributed by atoms with van der Waals surface area (Å²) >= 11 is 1.05. The topological polar surface area (TPSA) is 26.3 Å². The maximum Gasteiger partial charge on any atom is 0.348 e. The average Bonchev–Trinajstić information content (AvgIpc) is 2.36. The van der Waals surface area contributed by atoms with E-state index in [9.17, 15) is 9.18 Å². The van der Waals surface area contributed by atoms with Crippen molar-refractivity contribution in [2.45, 2.75) is 6.92 Å². The molecule has 0 N–H and O–H groups in total. The molecule has 1 aromatic rings. The van der Waals surface area contributed by atoms with Crippen molar-refractivity contribution in [1.82, 2.24) is 0 Å². The van der Waals surface area contributed by atoms with E-state index >= 15 is 0 Å². The lowest BCUT2D eigenvalue weighted by Crippen LogP contribution is -2.01. The van der Waals surface area contributed by atoms with E-state index in [1.807, 2.05) is 0 Å². The Morgan fingerprint density at radius 3 is 3.00 bits per heavy atom. The van der Waals surface area contributed by atoms with E-state index in [0.29, 0.717) is 11.5 Å². The summed E-state index contributed by atoms with van der Waals surface area (Å²) in [7, 11) is 0. The Morgan fingerprint density at radius 1 is 1.82 bits per heavy atom. The lowest BCUT2D eigenvalue weighted by molar-refractivity contribution is 0.0532. The number of thiophene rings is 1. The molecule has 0 aliphatic heterocycles. The molecule has 0 saturated carbocycles. The van der Waals surface area contributed by atoms with Gasteiger partial charge in [0.1, 0.15) is 10.7 Å². The van der Waals surface area contributed by atoms with Crippen molar-refractivity contribution in [2.75, 3.05) is 6.61 Å². The summed E-state index contributed by atoms with van der Waals surface area (Å²) in [5, 5.41) is 1.27. The van der Waals surface area contributed by atoms with Crippen molar-refractivity contribution < 1.29 is 13.9 Å². The smallest absolute Gasteiger partial charge is 0.348 e. The Hall–Kier alpha value is -0.900.